The molecule has 0 aliphatic heterocycles. The average Bonchev–Trinajstić information content (AvgIpc) is 2.62. The number of nitrogens with one attached hydrogen (secondary N) is 2. The molecule has 2 amide bonds. The standard InChI is InChI=1S/C20H26N2O3/c1-15-9-10-16(13-18(15)25-3)11-12-21-19(23)22-14-20(2,24)17-7-5-4-6-8-17/h4-10,13,24H,11-12,14H2,1-3H3,(H2,21,22,23). The molecule has 0 heterocycles. The van der Waals surface area contributed by atoms with Crippen molar-refractivity contribution in [3.63, 3.8) is 0 Å². The number of carbonyl (C=O) groups excluding carboxylic acids is 1. The van der Waals surface area contributed by atoms with Gasteiger partial charge in [-0.05, 0) is 43.0 Å². The first kappa shape index (κ1) is 18.8. The fraction of sp³-hybridized carbons (Fsp3) is 0.350. The maximum Gasteiger partial charge on any atom is 0.314 e. The third-order valence-electron chi connectivity index (χ3n) is 4.16. The van der Waals surface area contributed by atoms with Crippen molar-refractivity contribution in [2.75, 3.05) is 20.2 Å². The van der Waals surface area contributed by atoms with Gasteiger partial charge in [-0.1, -0.05) is 42.5 Å². The molecule has 0 radical (unpaired) electrons. The summed E-state index contributed by atoms with van der Waals surface area (Å²) in [6.07, 6.45) is 0.707. The second-order valence-corrected chi connectivity index (χ2v) is 6.30. The highest BCUT2D eigenvalue weighted by Crippen LogP contribution is 2.19. The van der Waals surface area contributed by atoms with Crippen molar-refractivity contribution in [2.24, 2.45) is 0 Å². The smallest absolute Gasteiger partial charge is 0.314 e. The Kier molecular flexibility index (Phi) is 6.42. The summed E-state index contributed by atoms with van der Waals surface area (Å²) in [6.45, 7) is 4.32. The number of hydrogen-bond acceptors (Lipinski definition) is 3. The van der Waals surface area contributed by atoms with Crippen LogP contribution in [0.25, 0.3) is 0 Å². The van der Waals surface area contributed by atoms with Crippen LogP contribution < -0.4 is 15.4 Å². The molecule has 5 heteroatoms. The molecular weight excluding hydrogens is 316 g/mol. The number of aliphatic hydroxyl groups is 1. The molecule has 3 N–H and O–H groups in total. The molecule has 2 aromatic carbocycles. The Morgan fingerprint density at radius 1 is 1.16 bits per heavy atom. The van der Waals surface area contributed by atoms with E-state index in [0.29, 0.717) is 13.0 Å². The molecule has 134 valence electrons. The molecule has 1 unspecified atom stereocenters. The minimum absolute atomic E-state index is 0.140. The summed E-state index contributed by atoms with van der Waals surface area (Å²) in [4.78, 5) is 11.9. The molecule has 0 spiro atoms. The number of amides is 2. The summed E-state index contributed by atoms with van der Waals surface area (Å²) in [7, 11) is 1.65. The van der Waals surface area contributed by atoms with Gasteiger partial charge in [0, 0.05) is 6.54 Å². The minimum Gasteiger partial charge on any atom is -0.496 e. The summed E-state index contributed by atoms with van der Waals surface area (Å²) < 4.78 is 5.30. The number of ether oxygens (including phenoxy) is 1. The predicted molar refractivity (Wildman–Crippen MR) is 98.8 cm³/mol. The summed E-state index contributed by atoms with van der Waals surface area (Å²) in [5.74, 6) is 0.848. The third kappa shape index (κ3) is 5.50. The Balaban J connectivity index is 1.77. The van der Waals surface area contributed by atoms with Crippen molar-refractivity contribution in [3.8, 4) is 5.75 Å². The maximum absolute atomic E-state index is 11.9. The van der Waals surface area contributed by atoms with Gasteiger partial charge in [0.1, 0.15) is 11.4 Å². The zero-order valence-corrected chi connectivity index (χ0v) is 15.0. The van der Waals surface area contributed by atoms with Crippen LogP contribution in [0.3, 0.4) is 0 Å². The Labute approximate surface area is 149 Å². The molecule has 0 aliphatic rings. The lowest BCUT2D eigenvalue weighted by Gasteiger charge is -2.24. The molecule has 2 aromatic rings. The van der Waals surface area contributed by atoms with Gasteiger partial charge in [0.15, 0.2) is 0 Å². The van der Waals surface area contributed by atoms with Crippen molar-refractivity contribution in [3.05, 3.63) is 65.2 Å². The minimum atomic E-state index is -1.11. The van der Waals surface area contributed by atoms with E-state index in [1.807, 2.05) is 55.5 Å². The molecule has 0 bridgehead atoms. The van der Waals surface area contributed by atoms with Crippen molar-refractivity contribution in [2.45, 2.75) is 25.9 Å². The first-order valence-electron chi connectivity index (χ1n) is 8.35. The molecule has 5 nitrogen and oxygen atoms in total. The van der Waals surface area contributed by atoms with E-state index in [-0.39, 0.29) is 12.6 Å². The number of hydrogen-bond donors (Lipinski definition) is 3. The predicted octanol–water partition coefficient (Wildman–Crippen LogP) is 2.75. The number of benzene rings is 2. The van der Waals surface area contributed by atoms with E-state index in [4.69, 9.17) is 4.74 Å². The van der Waals surface area contributed by atoms with Crippen LogP contribution in [0.1, 0.15) is 23.6 Å². The first-order valence-corrected chi connectivity index (χ1v) is 8.35. The first-order chi connectivity index (χ1) is 11.9. The highest BCUT2D eigenvalue weighted by molar-refractivity contribution is 5.73. The van der Waals surface area contributed by atoms with E-state index < -0.39 is 5.60 Å². The van der Waals surface area contributed by atoms with E-state index in [9.17, 15) is 9.90 Å². The number of urea groups is 1. The maximum atomic E-state index is 11.9. The molecule has 2 rings (SSSR count). The van der Waals surface area contributed by atoms with E-state index >= 15 is 0 Å². The van der Waals surface area contributed by atoms with Gasteiger partial charge < -0.3 is 20.5 Å². The Hall–Kier alpha value is -2.53. The highest BCUT2D eigenvalue weighted by atomic mass is 16.5. The molecular formula is C20H26N2O3. The molecule has 1 atom stereocenters. The van der Waals surface area contributed by atoms with Crippen molar-refractivity contribution in [1.82, 2.24) is 10.6 Å². The number of aryl methyl sites for hydroxylation is 1. The lowest BCUT2D eigenvalue weighted by molar-refractivity contribution is 0.0594. The lowest BCUT2D eigenvalue weighted by Crippen LogP contribution is -2.43. The Bertz CT molecular complexity index is 699. The van der Waals surface area contributed by atoms with Gasteiger partial charge in [-0.25, -0.2) is 4.79 Å². The summed E-state index contributed by atoms with van der Waals surface area (Å²) in [5, 5.41) is 16.0. The van der Waals surface area contributed by atoms with E-state index in [0.717, 1.165) is 22.4 Å². The van der Waals surface area contributed by atoms with Crippen LogP contribution in [0, 0.1) is 6.92 Å². The van der Waals surface area contributed by atoms with Crippen LogP contribution in [0.15, 0.2) is 48.5 Å². The Morgan fingerprint density at radius 3 is 2.56 bits per heavy atom. The molecule has 25 heavy (non-hydrogen) atoms. The van der Waals surface area contributed by atoms with Gasteiger partial charge in [-0.2, -0.15) is 0 Å². The highest BCUT2D eigenvalue weighted by Gasteiger charge is 2.23. The summed E-state index contributed by atoms with van der Waals surface area (Å²) in [6, 6.07) is 15.0. The molecule has 0 aromatic heterocycles. The quantitative estimate of drug-likeness (QED) is 0.724. The fourth-order valence-corrected chi connectivity index (χ4v) is 2.55. The van der Waals surface area contributed by atoms with Gasteiger partial charge in [-0.15, -0.1) is 0 Å². The van der Waals surface area contributed by atoms with E-state index in [1.165, 1.54) is 0 Å². The number of carbonyl (C=O) groups is 1. The third-order valence-corrected chi connectivity index (χ3v) is 4.16. The lowest BCUT2D eigenvalue weighted by atomic mass is 9.96. The van der Waals surface area contributed by atoms with Crippen LogP contribution >= 0.6 is 0 Å². The molecule has 0 saturated carbocycles. The van der Waals surface area contributed by atoms with E-state index in [1.54, 1.807) is 14.0 Å². The van der Waals surface area contributed by atoms with Gasteiger partial charge >= 0.3 is 6.03 Å². The van der Waals surface area contributed by atoms with Gasteiger partial charge in [0.25, 0.3) is 0 Å². The van der Waals surface area contributed by atoms with Crippen molar-refractivity contribution in [1.29, 1.82) is 0 Å². The number of methoxy groups -OCH3 is 1. The van der Waals surface area contributed by atoms with Crippen molar-refractivity contribution < 1.29 is 14.6 Å². The molecule has 0 aliphatic carbocycles. The Morgan fingerprint density at radius 2 is 1.88 bits per heavy atom. The SMILES string of the molecule is COc1cc(CCNC(=O)NCC(C)(O)c2ccccc2)ccc1C. The van der Waals surface area contributed by atoms with Gasteiger partial charge in [0.2, 0.25) is 0 Å². The van der Waals surface area contributed by atoms with Crippen LogP contribution in [-0.2, 0) is 12.0 Å². The fourth-order valence-electron chi connectivity index (χ4n) is 2.55. The van der Waals surface area contributed by atoms with E-state index in [2.05, 4.69) is 10.6 Å². The van der Waals surface area contributed by atoms with Gasteiger partial charge in [-0.3, -0.25) is 0 Å². The second kappa shape index (κ2) is 8.53. The summed E-state index contributed by atoms with van der Waals surface area (Å²) in [5.41, 5.74) is 1.84. The molecule has 0 saturated heterocycles. The summed E-state index contributed by atoms with van der Waals surface area (Å²) >= 11 is 0. The zero-order chi connectivity index (χ0) is 18.3. The van der Waals surface area contributed by atoms with Crippen LogP contribution in [0.4, 0.5) is 4.79 Å². The van der Waals surface area contributed by atoms with Crippen LogP contribution in [0.2, 0.25) is 0 Å². The topological polar surface area (TPSA) is 70.6 Å². The van der Waals surface area contributed by atoms with Crippen LogP contribution in [0.5, 0.6) is 5.75 Å². The molecule has 0 fully saturated rings. The average molecular weight is 342 g/mol. The van der Waals surface area contributed by atoms with Crippen LogP contribution in [-0.4, -0.2) is 31.3 Å². The number of rotatable bonds is 7. The largest absolute Gasteiger partial charge is 0.496 e. The second-order valence-electron chi connectivity index (χ2n) is 6.30. The van der Waals surface area contributed by atoms with Gasteiger partial charge in [0.05, 0.1) is 13.7 Å². The normalized spacial score (nSPS) is 13.0. The van der Waals surface area contributed by atoms with Crippen molar-refractivity contribution >= 4 is 6.03 Å². The zero-order valence-electron chi connectivity index (χ0n) is 15.0. The monoisotopic (exact) mass is 342 g/mol.